The number of nitrogens with one attached hydrogen (secondary N) is 1. The van der Waals surface area contributed by atoms with Crippen LogP contribution in [0.4, 0.5) is 4.79 Å². The summed E-state index contributed by atoms with van der Waals surface area (Å²) in [6.45, 7) is 14.6. The van der Waals surface area contributed by atoms with E-state index in [1.165, 1.54) is 22.3 Å². The van der Waals surface area contributed by atoms with Gasteiger partial charge < -0.3 is 24.1 Å². The van der Waals surface area contributed by atoms with E-state index >= 15 is 0 Å². The second kappa shape index (κ2) is 11.0. The molecule has 1 aliphatic carbocycles. The van der Waals surface area contributed by atoms with E-state index in [-0.39, 0.29) is 24.7 Å². The fourth-order valence-electron chi connectivity index (χ4n) is 5.22. The molecule has 1 N–H and O–H groups in total. The van der Waals surface area contributed by atoms with Gasteiger partial charge >= 0.3 is 13.2 Å². The Bertz CT molecular complexity index is 1380. The van der Waals surface area contributed by atoms with Crippen molar-refractivity contribution in [3.63, 3.8) is 0 Å². The Labute approximate surface area is 244 Å². The van der Waals surface area contributed by atoms with Crippen molar-refractivity contribution in [3.8, 4) is 16.9 Å². The molecule has 1 amide bonds. The Kier molecular flexibility index (Phi) is 7.79. The number of fused-ring (bicyclic) bond motifs is 3. The number of amides is 1. The first kappa shape index (κ1) is 29.0. The third kappa shape index (κ3) is 6.37. The second-order valence-electron chi connectivity index (χ2n) is 12.8. The van der Waals surface area contributed by atoms with Crippen molar-refractivity contribution in [2.75, 3.05) is 13.2 Å². The zero-order valence-corrected chi connectivity index (χ0v) is 25.1. The first-order chi connectivity index (χ1) is 19.3. The molecule has 1 fully saturated rings. The first-order valence-electron chi connectivity index (χ1n) is 14.3. The summed E-state index contributed by atoms with van der Waals surface area (Å²) in [5.41, 5.74) is 5.20. The third-order valence-corrected chi connectivity index (χ3v) is 7.99. The van der Waals surface area contributed by atoms with Crippen LogP contribution in [0.15, 0.2) is 78.3 Å². The lowest BCUT2D eigenvalue weighted by Crippen LogP contribution is -2.41. The van der Waals surface area contributed by atoms with Gasteiger partial charge in [-0.15, -0.1) is 0 Å². The molecule has 0 radical (unpaired) electrons. The predicted octanol–water partition coefficient (Wildman–Crippen LogP) is 7.42. The molecule has 0 atom stereocenters. The molecule has 2 aliphatic rings. The maximum atomic E-state index is 13.0. The average Bonchev–Trinajstić information content (AvgIpc) is 3.34. The van der Waals surface area contributed by atoms with Gasteiger partial charge in [0, 0.05) is 12.5 Å². The molecule has 0 saturated carbocycles. The normalized spacial score (nSPS) is 17.6. The molecular formula is C34H40BNO5. The summed E-state index contributed by atoms with van der Waals surface area (Å²) < 4.78 is 24.4. The number of benzene rings is 3. The second-order valence-corrected chi connectivity index (χ2v) is 12.8. The van der Waals surface area contributed by atoms with Gasteiger partial charge in [-0.3, -0.25) is 0 Å². The fourth-order valence-corrected chi connectivity index (χ4v) is 5.22. The SMILES string of the molecule is CC(C)(C)Oc1ccc(C=C(CNC(=O)OCC2c3ccccc3-c3ccccc32)B2OC(C)(C)C(C)(C)O2)cc1. The Morgan fingerprint density at radius 1 is 0.878 bits per heavy atom. The van der Waals surface area contributed by atoms with Crippen molar-refractivity contribution in [3.05, 3.63) is 95.0 Å². The van der Waals surface area contributed by atoms with Crippen LogP contribution in [0, 0.1) is 0 Å². The molecule has 0 unspecified atom stereocenters. The Balaban J connectivity index is 1.29. The maximum Gasteiger partial charge on any atom is 0.492 e. The Morgan fingerprint density at radius 3 is 1.95 bits per heavy atom. The van der Waals surface area contributed by atoms with E-state index in [0.29, 0.717) is 0 Å². The Hall–Kier alpha value is -3.55. The number of rotatable bonds is 7. The molecule has 3 aromatic carbocycles. The molecule has 1 aliphatic heterocycles. The van der Waals surface area contributed by atoms with E-state index in [1.807, 2.05) is 103 Å². The number of hydrogen-bond acceptors (Lipinski definition) is 5. The molecule has 0 spiro atoms. The van der Waals surface area contributed by atoms with Crippen LogP contribution in [0.5, 0.6) is 5.75 Å². The predicted molar refractivity (Wildman–Crippen MR) is 164 cm³/mol. The lowest BCUT2D eigenvalue weighted by Gasteiger charge is -2.32. The zero-order valence-electron chi connectivity index (χ0n) is 25.1. The molecular weight excluding hydrogens is 513 g/mol. The molecule has 1 heterocycles. The fraction of sp³-hybridized carbons (Fsp3) is 0.382. The highest BCUT2D eigenvalue weighted by Crippen LogP contribution is 2.44. The van der Waals surface area contributed by atoms with Crippen LogP contribution in [-0.4, -0.2) is 43.2 Å². The molecule has 0 aromatic heterocycles. The molecule has 1 saturated heterocycles. The van der Waals surface area contributed by atoms with E-state index in [2.05, 4.69) is 29.6 Å². The van der Waals surface area contributed by atoms with E-state index in [0.717, 1.165) is 16.8 Å². The van der Waals surface area contributed by atoms with Gasteiger partial charge in [0.1, 0.15) is 18.0 Å². The van der Waals surface area contributed by atoms with Gasteiger partial charge in [0.2, 0.25) is 0 Å². The minimum atomic E-state index is -0.612. The van der Waals surface area contributed by atoms with Crippen molar-refractivity contribution >= 4 is 19.3 Å². The van der Waals surface area contributed by atoms with Crippen molar-refractivity contribution < 1.29 is 23.6 Å². The van der Waals surface area contributed by atoms with Gasteiger partial charge in [-0.25, -0.2) is 4.79 Å². The minimum Gasteiger partial charge on any atom is -0.488 e. The highest BCUT2D eigenvalue weighted by molar-refractivity contribution is 6.56. The van der Waals surface area contributed by atoms with E-state index in [1.54, 1.807) is 0 Å². The van der Waals surface area contributed by atoms with Gasteiger partial charge in [-0.1, -0.05) is 66.7 Å². The number of carbonyl (C=O) groups is 1. The van der Waals surface area contributed by atoms with Crippen LogP contribution < -0.4 is 10.1 Å². The molecule has 5 rings (SSSR count). The molecule has 214 valence electrons. The van der Waals surface area contributed by atoms with Crippen LogP contribution >= 0.6 is 0 Å². The molecule has 3 aromatic rings. The average molecular weight is 554 g/mol. The largest absolute Gasteiger partial charge is 0.492 e. The highest BCUT2D eigenvalue weighted by atomic mass is 16.7. The minimum absolute atomic E-state index is 0.0000846. The summed E-state index contributed by atoms with van der Waals surface area (Å²) >= 11 is 0. The Morgan fingerprint density at radius 2 is 1.41 bits per heavy atom. The third-order valence-electron chi connectivity index (χ3n) is 7.99. The first-order valence-corrected chi connectivity index (χ1v) is 14.3. The number of carbonyl (C=O) groups excluding carboxylic acids is 1. The van der Waals surface area contributed by atoms with Crippen LogP contribution in [0.1, 0.15) is 71.1 Å². The van der Waals surface area contributed by atoms with E-state index in [9.17, 15) is 4.79 Å². The standard InChI is InChI=1S/C34H40BNO5/c1-32(2,3)39-25-18-16-23(17-19-25)20-24(35-40-33(4,5)34(6,7)41-35)21-36-31(37)38-22-30-28-14-10-8-12-26(28)27-13-9-11-15-29(27)30/h8-20,30H,21-22H2,1-7H3,(H,36,37). The number of alkyl carbamates (subject to hydrolysis) is 1. The zero-order chi connectivity index (χ0) is 29.4. The van der Waals surface area contributed by atoms with Crippen molar-refractivity contribution in [1.29, 1.82) is 0 Å². The van der Waals surface area contributed by atoms with Gasteiger partial charge in [-0.05, 0) is 93.9 Å². The molecule has 7 heteroatoms. The summed E-state index contributed by atoms with van der Waals surface area (Å²) in [4.78, 5) is 13.0. The van der Waals surface area contributed by atoms with Crippen LogP contribution in [0.2, 0.25) is 0 Å². The van der Waals surface area contributed by atoms with Gasteiger partial charge in [0.15, 0.2) is 0 Å². The van der Waals surface area contributed by atoms with Crippen molar-refractivity contribution in [1.82, 2.24) is 5.32 Å². The topological polar surface area (TPSA) is 66.0 Å². The number of hydrogen-bond donors (Lipinski definition) is 1. The van der Waals surface area contributed by atoms with Gasteiger partial charge in [0.25, 0.3) is 0 Å². The molecule has 6 nitrogen and oxygen atoms in total. The van der Waals surface area contributed by atoms with Gasteiger partial charge in [0.05, 0.1) is 11.2 Å². The summed E-state index contributed by atoms with van der Waals surface area (Å²) in [5, 5.41) is 2.93. The number of ether oxygens (including phenoxy) is 2. The van der Waals surface area contributed by atoms with Crippen LogP contribution in [-0.2, 0) is 14.0 Å². The lowest BCUT2D eigenvalue weighted by molar-refractivity contribution is 0.00578. The van der Waals surface area contributed by atoms with E-state index < -0.39 is 24.4 Å². The van der Waals surface area contributed by atoms with Crippen molar-refractivity contribution in [2.45, 2.75) is 71.2 Å². The maximum absolute atomic E-state index is 13.0. The quantitative estimate of drug-likeness (QED) is 0.309. The summed E-state index contributed by atoms with van der Waals surface area (Å²) in [6, 6.07) is 24.5. The summed E-state index contributed by atoms with van der Waals surface area (Å²) in [7, 11) is -0.612. The van der Waals surface area contributed by atoms with E-state index in [4.69, 9.17) is 18.8 Å². The highest BCUT2D eigenvalue weighted by Gasteiger charge is 2.52. The smallest absolute Gasteiger partial charge is 0.488 e. The summed E-state index contributed by atoms with van der Waals surface area (Å²) in [6.07, 6.45) is 1.51. The van der Waals surface area contributed by atoms with Crippen LogP contribution in [0.25, 0.3) is 17.2 Å². The monoisotopic (exact) mass is 553 g/mol. The van der Waals surface area contributed by atoms with Gasteiger partial charge in [-0.2, -0.15) is 0 Å². The van der Waals surface area contributed by atoms with Crippen molar-refractivity contribution in [2.24, 2.45) is 0 Å². The molecule has 0 bridgehead atoms. The summed E-state index contributed by atoms with van der Waals surface area (Å²) in [5.74, 6) is 0.795. The van der Waals surface area contributed by atoms with Crippen LogP contribution in [0.3, 0.4) is 0 Å². The lowest BCUT2D eigenvalue weighted by atomic mass is 9.77. The molecule has 41 heavy (non-hydrogen) atoms.